The zero-order valence-corrected chi connectivity index (χ0v) is 12.7. The Morgan fingerprint density at radius 1 is 1.09 bits per heavy atom. The number of carbonyl (C=O) groups excluding carboxylic acids is 1. The molecule has 0 unspecified atom stereocenters. The molecule has 1 saturated carbocycles. The Labute approximate surface area is 134 Å². The number of nitrogens with one attached hydrogen (secondary N) is 2. The first-order valence-corrected chi connectivity index (χ1v) is 7.79. The van der Waals surface area contributed by atoms with Crippen LogP contribution in [0, 0.1) is 0 Å². The molecule has 1 aliphatic carbocycles. The minimum absolute atomic E-state index is 0.107. The molecule has 23 heavy (non-hydrogen) atoms. The molecule has 1 aromatic heterocycles. The van der Waals surface area contributed by atoms with Crippen LogP contribution in [0.15, 0.2) is 60.9 Å². The normalized spacial score (nSPS) is 15.3. The number of hydrogen-bond acceptors (Lipinski definition) is 2. The first-order valence-electron chi connectivity index (χ1n) is 7.79. The number of urea groups is 1. The van der Waals surface area contributed by atoms with Gasteiger partial charge in [0.05, 0.1) is 11.0 Å². The van der Waals surface area contributed by atoms with Gasteiger partial charge in [-0.1, -0.05) is 42.5 Å². The molecule has 0 aliphatic heterocycles. The van der Waals surface area contributed by atoms with Crippen LogP contribution in [0.2, 0.25) is 0 Å². The second kappa shape index (κ2) is 5.43. The molecule has 1 heterocycles. The number of carbonyl (C=O) groups is 1. The number of benzene rings is 2. The van der Waals surface area contributed by atoms with Crippen molar-refractivity contribution >= 4 is 17.1 Å². The van der Waals surface area contributed by atoms with E-state index in [0.717, 1.165) is 23.9 Å². The quantitative estimate of drug-likeness (QED) is 0.778. The van der Waals surface area contributed by atoms with E-state index in [1.54, 1.807) is 11.0 Å². The van der Waals surface area contributed by atoms with Gasteiger partial charge < -0.3 is 5.32 Å². The number of para-hydroxylation sites is 2. The Hall–Kier alpha value is -2.82. The lowest BCUT2D eigenvalue weighted by Crippen LogP contribution is -2.38. The summed E-state index contributed by atoms with van der Waals surface area (Å²) >= 11 is 0. The molecule has 0 spiro atoms. The molecule has 2 amide bonds. The Morgan fingerprint density at radius 2 is 1.83 bits per heavy atom. The molecular weight excluding hydrogens is 288 g/mol. The van der Waals surface area contributed by atoms with Gasteiger partial charge in [-0.15, -0.1) is 0 Å². The lowest BCUT2D eigenvalue weighted by Gasteiger charge is -2.17. The fraction of sp³-hybridized carbons (Fsp3) is 0.222. The topological polar surface area (TPSA) is 59.0 Å². The second-order valence-corrected chi connectivity index (χ2v) is 6.04. The molecule has 1 fully saturated rings. The van der Waals surface area contributed by atoms with Crippen LogP contribution < -0.4 is 10.7 Å². The van der Waals surface area contributed by atoms with E-state index in [2.05, 4.69) is 27.9 Å². The molecule has 0 atom stereocenters. The zero-order valence-electron chi connectivity index (χ0n) is 12.7. The first-order chi connectivity index (χ1) is 11.3. The molecule has 0 saturated heterocycles. The number of imidazole rings is 1. The van der Waals surface area contributed by atoms with Gasteiger partial charge in [0.25, 0.3) is 0 Å². The number of amides is 2. The van der Waals surface area contributed by atoms with Gasteiger partial charge in [-0.05, 0) is 30.5 Å². The molecule has 0 radical (unpaired) electrons. The van der Waals surface area contributed by atoms with E-state index < -0.39 is 0 Å². The minimum Gasteiger partial charge on any atom is -0.336 e. The smallest absolute Gasteiger partial charge is 0.333 e. The Bertz CT molecular complexity index is 836. The summed E-state index contributed by atoms with van der Waals surface area (Å²) < 4.78 is 1.65. The number of rotatable bonds is 4. The fourth-order valence-corrected chi connectivity index (χ4v) is 2.96. The molecule has 0 bridgehead atoms. The third-order valence-electron chi connectivity index (χ3n) is 4.50. The second-order valence-electron chi connectivity index (χ2n) is 6.04. The SMILES string of the molecule is O=C(NCC1(c2ccccc2)CC1)Nn1cnc2ccccc21. The predicted molar refractivity (Wildman–Crippen MR) is 89.8 cm³/mol. The molecule has 2 N–H and O–H groups in total. The highest BCUT2D eigenvalue weighted by molar-refractivity contribution is 5.85. The molecule has 116 valence electrons. The largest absolute Gasteiger partial charge is 0.336 e. The lowest BCUT2D eigenvalue weighted by atomic mass is 9.96. The minimum atomic E-state index is -0.213. The number of fused-ring (bicyclic) bond motifs is 1. The van der Waals surface area contributed by atoms with Crippen molar-refractivity contribution in [2.75, 3.05) is 12.0 Å². The van der Waals surface area contributed by atoms with Crippen molar-refractivity contribution in [3.05, 3.63) is 66.5 Å². The van der Waals surface area contributed by atoms with Gasteiger partial charge in [-0.3, -0.25) is 0 Å². The Morgan fingerprint density at radius 3 is 2.61 bits per heavy atom. The molecule has 2 aromatic carbocycles. The highest BCUT2D eigenvalue weighted by Gasteiger charge is 2.44. The summed E-state index contributed by atoms with van der Waals surface area (Å²) in [6.07, 6.45) is 3.85. The summed E-state index contributed by atoms with van der Waals surface area (Å²) in [4.78, 5) is 16.5. The van der Waals surface area contributed by atoms with Crippen molar-refractivity contribution in [3.8, 4) is 0 Å². The van der Waals surface area contributed by atoms with Gasteiger partial charge in [0.2, 0.25) is 0 Å². The Kier molecular flexibility index (Phi) is 3.26. The summed E-state index contributed by atoms with van der Waals surface area (Å²) in [7, 11) is 0. The van der Waals surface area contributed by atoms with E-state index in [-0.39, 0.29) is 11.4 Å². The van der Waals surface area contributed by atoms with E-state index in [0.29, 0.717) is 6.54 Å². The van der Waals surface area contributed by atoms with Gasteiger partial charge in [0.15, 0.2) is 0 Å². The highest BCUT2D eigenvalue weighted by Crippen LogP contribution is 2.47. The van der Waals surface area contributed by atoms with E-state index in [1.165, 1.54) is 5.56 Å². The number of nitrogens with zero attached hydrogens (tertiary/aromatic N) is 2. The van der Waals surface area contributed by atoms with Crippen molar-refractivity contribution in [3.63, 3.8) is 0 Å². The molecule has 3 aromatic rings. The maximum Gasteiger partial charge on any atom is 0.333 e. The van der Waals surface area contributed by atoms with Crippen LogP contribution >= 0.6 is 0 Å². The monoisotopic (exact) mass is 306 g/mol. The lowest BCUT2D eigenvalue weighted by molar-refractivity contribution is 0.248. The number of hydrogen-bond donors (Lipinski definition) is 2. The van der Waals surface area contributed by atoms with Crippen molar-refractivity contribution < 1.29 is 4.79 Å². The standard InChI is InChI=1S/C18H18N4O/c23-17(21-22-13-20-15-8-4-5-9-16(15)22)19-12-18(10-11-18)14-6-2-1-3-7-14/h1-9,13H,10-12H2,(H2,19,21,23). The maximum atomic E-state index is 12.2. The molecule has 4 rings (SSSR count). The van der Waals surface area contributed by atoms with Crippen molar-refractivity contribution in [2.45, 2.75) is 18.3 Å². The first kappa shape index (κ1) is 13.8. The van der Waals surface area contributed by atoms with Crippen molar-refractivity contribution in [1.29, 1.82) is 0 Å². The fourth-order valence-electron chi connectivity index (χ4n) is 2.96. The van der Waals surface area contributed by atoms with Gasteiger partial charge in [0, 0.05) is 12.0 Å². The van der Waals surface area contributed by atoms with Crippen molar-refractivity contribution in [1.82, 2.24) is 15.0 Å². The van der Waals surface area contributed by atoms with E-state index >= 15 is 0 Å². The van der Waals surface area contributed by atoms with E-state index in [9.17, 15) is 4.79 Å². The van der Waals surface area contributed by atoms with Crippen LogP contribution in [0.3, 0.4) is 0 Å². The van der Waals surface area contributed by atoms with E-state index in [1.807, 2.05) is 42.5 Å². The zero-order chi connectivity index (χ0) is 15.7. The molecule has 1 aliphatic rings. The number of aromatic nitrogens is 2. The van der Waals surface area contributed by atoms with Crippen LogP contribution in [0.4, 0.5) is 4.79 Å². The van der Waals surface area contributed by atoms with Crippen LogP contribution in [0.5, 0.6) is 0 Å². The average molecular weight is 306 g/mol. The average Bonchev–Trinajstić information content (AvgIpc) is 3.30. The van der Waals surface area contributed by atoms with Gasteiger partial charge in [-0.25, -0.2) is 19.9 Å². The summed E-state index contributed by atoms with van der Waals surface area (Å²) in [6.45, 7) is 0.648. The molecule has 5 nitrogen and oxygen atoms in total. The van der Waals surface area contributed by atoms with Crippen LogP contribution in [-0.2, 0) is 5.41 Å². The Balaban J connectivity index is 1.41. The van der Waals surface area contributed by atoms with Crippen LogP contribution in [0.25, 0.3) is 11.0 Å². The van der Waals surface area contributed by atoms with Gasteiger partial charge >= 0.3 is 6.03 Å². The highest BCUT2D eigenvalue weighted by atomic mass is 16.2. The molecular formula is C18H18N4O. The third-order valence-corrected chi connectivity index (χ3v) is 4.50. The summed E-state index contributed by atoms with van der Waals surface area (Å²) in [5.74, 6) is 0. The van der Waals surface area contributed by atoms with Crippen molar-refractivity contribution in [2.24, 2.45) is 0 Å². The maximum absolute atomic E-state index is 12.2. The van der Waals surface area contributed by atoms with Gasteiger partial charge in [0.1, 0.15) is 6.33 Å². The predicted octanol–water partition coefficient (Wildman–Crippen LogP) is 3.02. The van der Waals surface area contributed by atoms with Crippen LogP contribution in [0.1, 0.15) is 18.4 Å². The summed E-state index contributed by atoms with van der Waals surface area (Å²) in [5, 5.41) is 2.99. The molecule has 5 heteroatoms. The van der Waals surface area contributed by atoms with Gasteiger partial charge in [-0.2, -0.15) is 0 Å². The van der Waals surface area contributed by atoms with E-state index in [4.69, 9.17) is 0 Å². The summed E-state index contributed by atoms with van der Waals surface area (Å²) in [5.41, 5.74) is 5.97. The third kappa shape index (κ3) is 2.65. The van der Waals surface area contributed by atoms with Crippen LogP contribution in [-0.4, -0.2) is 22.2 Å². The summed E-state index contributed by atoms with van der Waals surface area (Å²) in [6, 6.07) is 17.9.